The minimum absolute atomic E-state index is 0.0666. The zero-order valence-corrected chi connectivity index (χ0v) is 10.4. The monoisotopic (exact) mass is 228 g/mol. The first kappa shape index (κ1) is 13.5. The van der Waals surface area contributed by atoms with Crippen LogP contribution < -0.4 is 11.2 Å². The molecule has 0 aromatic carbocycles. The molecule has 0 aromatic rings. The molecule has 1 aliphatic carbocycles. The Morgan fingerprint density at radius 3 is 2.56 bits per heavy atom. The van der Waals surface area contributed by atoms with Gasteiger partial charge in [-0.25, -0.2) is 5.48 Å². The molecule has 1 aliphatic rings. The summed E-state index contributed by atoms with van der Waals surface area (Å²) >= 11 is 0. The number of hydrogen-bond acceptors (Lipinski definition) is 3. The number of nitrogens with two attached hydrogens (primary N) is 1. The highest BCUT2D eigenvalue weighted by Gasteiger charge is 2.21. The molecule has 0 aromatic heterocycles. The SMILES string of the molecule is CC(C)CC(CN)C(=O)NOC1CCCC1. The van der Waals surface area contributed by atoms with Gasteiger partial charge in [-0.3, -0.25) is 9.63 Å². The average molecular weight is 228 g/mol. The number of carbonyl (C=O) groups excluding carboxylic acids is 1. The lowest BCUT2D eigenvalue weighted by molar-refractivity contribution is -0.142. The van der Waals surface area contributed by atoms with Gasteiger partial charge in [0.15, 0.2) is 0 Å². The molecule has 1 unspecified atom stereocenters. The minimum Gasteiger partial charge on any atom is -0.330 e. The quantitative estimate of drug-likeness (QED) is 0.679. The molecule has 4 nitrogen and oxygen atoms in total. The van der Waals surface area contributed by atoms with Crippen molar-refractivity contribution in [2.24, 2.45) is 17.6 Å². The fourth-order valence-corrected chi connectivity index (χ4v) is 2.11. The number of hydrogen-bond donors (Lipinski definition) is 2. The molecule has 3 N–H and O–H groups in total. The highest BCUT2D eigenvalue weighted by molar-refractivity contribution is 5.77. The van der Waals surface area contributed by atoms with Crippen molar-refractivity contribution in [3.63, 3.8) is 0 Å². The Morgan fingerprint density at radius 1 is 1.44 bits per heavy atom. The van der Waals surface area contributed by atoms with E-state index in [1.807, 2.05) is 0 Å². The molecule has 0 aliphatic heterocycles. The molecule has 0 saturated heterocycles. The fraction of sp³-hybridized carbons (Fsp3) is 0.917. The van der Waals surface area contributed by atoms with Crippen LogP contribution in [0.4, 0.5) is 0 Å². The molecule has 1 atom stereocenters. The van der Waals surface area contributed by atoms with Gasteiger partial charge in [-0.15, -0.1) is 0 Å². The Morgan fingerprint density at radius 2 is 2.06 bits per heavy atom. The van der Waals surface area contributed by atoms with Crippen LogP contribution in [0.3, 0.4) is 0 Å². The first-order valence-electron chi connectivity index (χ1n) is 6.29. The molecular weight excluding hydrogens is 204 g/mol. The number of carbonyl (C=O) groups is 1. The van der Waals surface area contributed by atoms with Crippen LogP contribution in [0.25, 0.3) is 0 Å². The highest BCUT2D eigenvalue weighted by atomic mass is 16.7. The van der Waals surface area contributed by atoms with E-state index in [4.69, 9.17) is 10.6 Å². The smallest absolute Gasteiger partial charge is 0.247 e. The lowest BCUT2D eigenvalue weighted by Gasteiger charge is -2.18. The highest BCUT2D eigenvalue weighted by Crippen LogP contribution is 2.20. The van der Waals surface area contributed by atoms with E-state index in [2.05, 4.69) is 19.3 Å². The van der Waals surface area contributed by atoms with Crippen molar-refractivity contribution >= 4 is 5.91 Å². The second-order valence-corrected chi connectivity index (χ2v) is 5.05. The lowest BCUT2D eigenvalue weighted by atomic mass is 9.97. The summed E-state index contributed by atoms with van der Waals surface area (Å²) in [7, 11) is 0. The van der Waals surface area contributed by atoms with Crippen LogP contribution in [0.2, 0.25) is 0 Å². The number of hydroxylamine groups is 1. The summed E-state index contributed by atoms with van der Waals surface area (Å²) < 4.78 is 0. The fourth-order valence-electron chi connectivity index (χ4n) is 2.11. The van der Waals surface area contributed by atoms with Crippen LogP contribution in [0, 0.1) is 11.8 Å². The molecule has 1 amide bonds. The Bertz CT molecular complexity index is 213. The largest absolute Gasteiger partial charge is 0.330 e. The third-order valence-corrected chi connectivity index (χ3v) is 3.04. The first-order valence-corrected chi connectivity index (χ1v) is 6.29. The van der Waals surface area contributed by atoms with Crippen molar-refractivity contribution < 1.29 is 9.63 Å². The van der Waals surface area contributed by atoms with Gasteiger partial charge in [-0.05, 0) is 25.2 Å². The number of nitrogens with one attached hydrogen (secondary N) is 1. The normalized spacial score (nSPS) is 19.0. The van der Waals surface area contributed by atoms with Gasteiger partial charge in [0.2, 0.25) is 5.91 Å². The van der Waals surface area contributed by atoms with E-state index in [0.29, 0.717) is 12.5 Å². The zero-order valence-electron chi connectivity index (χ0n) is 10.4. The van der Waals surface area contributed by atoms with E-state index < -0.39 is 0 Å². The summed E-state index contributed by atoms with van der Waals surface area (Å²) in [5.41, 5.74) is 8.15. The maximum absolute atomic E-state index is 11.8. The molecule has 16 heavy (non-hydrogen) atoms. The molecule has 4 heteroatoms. The van der Waals surface area contributed by atoms with Gasteiger partial charge in [0.05, 0.1) is 12.0 Å². The van der Waals surface area contributed by atoms with Crippen LogP contribution in [-0.4, -0.2) is 18.6 Å². The van der Waals surface area contributed by atoms with Crippen LogP contribution in [0.1, 0.15) is 46.0 Å². The number of amides is 1. The minimum atomic E-state index is -0.124. The molecule has 0 bridgehead atoms. The summed E-state index contributed by atoms with van der Waals surface area (Å²) in [6.45, 7) is 4.57. The van der Waals surface area contributed by atoms with Crippen molar-refractivity contribution in [2.75, 3.05) is 6.54 Å². The second kappa shape index (κ2) is 6.86. The maximum Gasteiger partial charge on any atom is 0.247 e. The molecule has 94 valence electrons. The van der Waals surface area contributed by atoms with Crippen molar-refractivity contribution in [3.05, 3.63) is 0 Å². The summed E-state index contributed by atoms with van der Waals surface area (Å²) in [5, 5.41) is 0. The van der Waals surface area contributed by atoms with Crippen molar-refractivity contribution in [2.45, 2.75) is 52.1 Å². The predicted molar refractivity (Wildman–Crippen MR) is 63.5 cm³/mol. The van der Waals surface area contributed by atoms with Gasteiger partial charge >= 0.3 is 0 Å². The van der Waals surface area contributed by atoms with E-state index >= 15 is 0 Å². The summed E-state index contributed by atoms with van der Waals surface area (Å²) in [6.07, 6.45) is 5.53. The van der Waals surface area contributed by atoms with Crippen LogP contribution in [-0.2, 0) is 9.63 Å². The molecule has 1 saturated carbocycles. The summed E-state index contributed by atoms with van der Waals surface area (Å²) in [4.78, 5) is 17.1. The van der Waals surface area contributed by atoms with Gasteiger partial charge in [0, 0.05) is 6.54 Å². The molecule has 0 spiro atoms. The Kier molecular flexibility index (Phi) is 5.77. The summed E-state index contributed by atoms with van der Waals surface area (Å²) in [6, 6.07) is 0. The van der Waals surface area contributed by atoms with Gasteiger partial charge in [0.25, 0.3) is 0 Å². The Labute approximate surface area is 97.9 Å². The van der Waals surface area contributed by atoms with Crippen molar-refractivity contribution in [1.29, 1.82) is 0 Å². The van der Waals surface area contributed by atoms with Crippen molar-refractivity contribution in [1.82, 2.24) is 5.48 Å². The maximum atomic E-state index is 11.8. The van der Waals surface area contributed by atoms with E-state index in [1.54, 1.807) is 0 Å². The third kappa shape index (κ3) is 4.49. The van der Waals surface area contributed by atoms with Gasteiger partial charge in [-0.1, -0.05) is 26.7 Å². The molecule has 1 rings (SSSR count). The van der Waals surface area contributed by atoms with Gasteiger partial charge in [0.1, 0.15) is 0 Å². The van der Waals surface area contributed by atoms with E-state index in [-0.39, 0.29) is 17.9 Å². The lowest BCUT2D eigenvalue weighted by Crippen LogP contribution is -2.37. The van der Waals surface area contributed by atoms with Crippen LogP contribution in [0.15, 0.2) is 0 Å². The van der Waals surface area contributed by atoms with Crippen LogP contribution >= 0.6 is 0 Å². The number of rotatable bonds is 6. The topological polar surface area (TPSA) is 64.4 Å². The van der Waals surface area contributed by atoms with Gasteiger partial charge < -0.3 is 5.73 Å². The van der Waals surface area contributed by atoms with Gasteiger partial charge in [-0.2, -0.15) is 0 Å². The van der Waals surface area contributed by atoms with E-state index in [0.717, 1.165) is 19.3 Å². The van der Waals surface area contributed by atoms with E-state index in [9.17, 15) is 4.79 Å². The Balaban J connectivity index is 2.25. The third-order valence-electron chi connectivity index (χ3n) is 3.04. The molecular formula is C12H24N2O2. The average Bonchev–Trinajstić information content (AvgIpc) is 2.75. The predicted octanol–water partition coefficient (Wildman–Crippen LogP) is 1.60. The molecule has 0 radical (unpaired) electrons. The van der Waals surface area contributed by atoms with Crippen LogP contribution in [0.5, 0.6) is 0 Å². The second-order valence-electron chi connectivity index (χ2n) is 5.05. The van der Waals surface area contributed by atoms with E-state index in [1.165, 1.54) is 12.8 Å². The zero-order chi connectivity index (χ0) is 12.0. The van der Waals surface area contributed by atoms with Crippen molar-refractivity contribution in [3.8, 4) is 0 Å². The molecule has 1 fully saturated rings. The first-order chi connectivity index (χ1) is 7.63. The molecule has 0 heterocycles. The standard InChI is InChI=1S/C12H24N2O2/c1-9(2)7-10(8-13)12(15)14-16-11-5-3-4-6-11/h9-11H,3-8,13H2,1-2H3,(H,14,15). The Hall–Kier alpha value is -0.610. The summed E-state index contributed by atoms with van der Waals surface area (Å²) in [5.74, 6) is 0.287.